The fourth-order valence-electron chi connectivity index (χ4n) is 2.30. The predicted octanol–water partition coefficient (Wildman–Crippen LogP) is 2.45. The third kappa shape index (κ3) is 5.13. The van der Waals surface area contributed by atoms with Crippen LogP contribution in [0, 0.1) is 0 Å². The van der Waals surface area contributed by atoms with Crippen LogP contribution in [-0.2, 0) is 6.54 Å². The molecule has 24 heavy (non-hydrogen) atoms. The summed E-state index contributed by atoms with van der Waals surface area (Å²) in [5.41, 5.74) is 1.83. The van der Waals surface area contributed by atoms with Crippen molar-refractivity contribution >= 4 is 29.1 Å². The minimum Gasteiger partial charge on any atom is -0.485 e. The number of carbonyl (C=O) groups is 1. The Morgan fingerprint density at radius 3 is 2.33 bits per heavy atom. The zero-order valence-corrected chi connectivity index (χ0v) is 15.2. The topological polar surface area (TPSA) is 42.8 Å². The van der Waals surface area contributed by atoms with Crippen LogP contribution in [-0.4, -0.2) is 33.2 Å². The summed E-state index contributed by atoms with van der Waals surface area (Å²) in [7, 11) is 3.71. The van der Waals surface area contributed by atoms with Crippen LogP contribution in [0.2, 0.25) is 10.0 Å². The SMILES string of the molecule is CNC(=O)c1ccc(C[NH+](C)CCOc2c(Cl)cccc2Cl)cc1. The lowest BCUT2D eigenvalue weighted by molar-refractivity contribution is -0.893. The lowest BCUT2D eigenvalue weighted by Crippen LogP contribution is -3.08. The summed E-state index contributed by atoms with van der Waals surface area (Å²) in [5.74, 6) is 0.454. The summed E-state index contributed by atoms with van der Waals surface area (Å²) in [6.45, 7) is 2.16. The summed E-state index contributed by atoms with van der Waals surface area (Å²) in [4.78, 5) is 12.8. The molecule has 2 rings (SSSR count). The Balaban J connectivity index is 1.83. The number of likely N-dealkylation sites (N-methyl/N-ethyl adjacent to an activating group) is 1. The molecule has 0 saturated heterocycles. The van der Waals surface area contributed by atoms with Crippen molar-refractivity contribution in [3.8, 4) is 5.75 Å². The zero-order chi connectivity index (χ0) is 17.5. The molecule has 4 nitrogen and oxygen atoms in total. The summed E-state index contributed by atoms with van der Waals surface area (Å²) in [6.07, 6.45) is 0. The molecule has 2 N–H and O–H groups in total. The lowest BCUT2D eigenvalue weighted by Gasteiger charge is -2.15. The van der Waals surface area contributed by atoms with Gasteiger partial charge in [-0.15, -0.1) is 0 Å². The van der Waals surface area contributed by atoms with Crippen LogP contribution in [0.3, 0.4) is 0 Å². The largest absolute Gasteiger partial charge is 0.485 e. The van der Waals surface area contributed by atoms with Crippen LogP contribution in [0.15, 0.2) is 42.5 Å². The molecule has 0 aliphatic carbocycles. The minimum absolute atomic E-state index is 0.0766. The van der Waals surface area contributed by atoms with Gasteiger partial charge in [0.05, 0.1) is 17.1 Å². The van der Waals surface area contributed by atoms with Crippen molar-refractivity contribution in [2.75, 3.05) is 27.2 Å². The average Bonchev–Trinajstić information content (AvgIpc) is 2.57. The van der Waals surface area contributed by atoms with Crippen molar-refractivity contribution in [2.45, 2.75) is 6.54 Å². The van der Waals surface area contributed by atoms with Crippen LogP contribution < -0.4 is 15.0 Å². The van der Waals surface area contributed by atoms with Crippen molar-refractivity contribution in [1.29, 1.82) is 0 Å². The van der Waals surface area contributed by atoms with Crippen molar-refractivity contribution in [1.82, 2.24) is 5.32 Å². The van der Waals surface area contributed by atoms with Crippen LogP contribution in [0.4, 0.5) is 0 Å². The van der Waals surface area contributed by atoms with E-state index in [2.05, 4.69) is 12.4 Å². The molecule has 0 fully saturated rings. The first-order chi connectivity index (χ1) is 11.5. The molecule has 0 spiro atoms. The third-order valence-electron chi connectivity index (χ3n) is 3.64. The van der Waals surface area contributed by atoms with E-state index in [1.54, 1.807) is 25.2 Å². The first kappa shape index (κ1) is 18.6. The van der Waals surface area contributed by atoms with E-state index in [0.29, 0.717) is 28.0 Å². The zero-order valence-electron chi connectivity index (χ0n) is 13.7. The van der Waals surface area contributed by atoms with Gasteiger partial charge in [-0.2, -0.15) is 0 Å². The van der Waals surface area contributed by atoms with Gasteiger partial charge in [-0.3, -0.25) is 4.79 Å². The van der Waals surface area contributed by atoms with Gasteiger partial charge in [0.15, 0.2) is 5.75 Å². The Labute approximate surface area is 152 Å². The Morgan fingerprint density at radius 2 is 1.75 bits per heavy atom. The maximum atomic E-state index is 11.5. The van der Waals surface area contributed by atoms with Gasteiger partial charge in [0.2, 0.25) is 0 Å². The van der Waals surface area contributed by atoms with Crippen molar-refractivity contribution in [3.05, 3.63) is 63.6 Å². The van der Waals surface area contributed by atoms with Crippen LogP contribution in [0.25, 0.3) is 0 Å². The van der Waals surface area contributed by atoms with E-state index in [4.69, 9.17) is 27.9 Å². The molecule has 0 radical (unpaired) electrons. The number of nitrogens with one attached hydrogen (secondary N) is 2. The highest BCUT2D eigenvalue weighted by Gasteiger charge is 2.09. The number of hydrogen-bond donors (Lipinski definition) is 2. The Morgan fingerprint density at radius 1 is 1.12 bits per heavy atom. The van der Waals surface area contributed by atoms with Gasteiger partial charge >= 0.3 is 0 Å². The van der Waals surface area contributed by atoms with Gasteiger partial charge in [0.25, 0.3) is 5.91 Å². The van der Waals surface area contributed by atoms with Gasteiger partial charge in [-0.25, -0.2) is 0 Å². The number of quaternary nitrogens is 1. The molecule has 1 unspecified atom stereocenters. The second-order valence-corrected chi connectivity index (χ2v) is 6.37. The molecule has 0 saturated carbocycles. The number of rotatable bonds is 7. The molecular weight excluding hydrogens is 347 g/mol. The maximum absolute atomic E-state index is 11.5. The second-order valence-electron chi connectivity index (χ2n) is 5.56. The highest BCUT2D eigenvalue weighted by atomic mass is 35.5. The number of ether oxygens (including phenoxy) is 1. The van der Waals surface area contributed by atoms with Crippen molar-refractivity contribution < 1.29 is 14.4 Å². The van der Waals surface area contributed by atoms with Gasteiger partial charge in [0.1, 0.15) is 19.7 Å². The van der Waals surface area contributed by atoms with E-state index in [1.165, 1.54) is 4.90 Å². The highest BCUT2D eigenvalue weighted by molar-refractivity contribution is 6.37. The molecule has 1 atom stereocenters. The average molecular weight is 368 g/mol. The molecule has 0 heterocycles. The molecule has 6 heteroatoms. The lowest BCUT2D eigenvalue weighted by atomic mass is 10.1. The summed E-state index contributed by atoms with van der Waals surface area (Å²) < 4.78 is 5.70. The predicted molar refractivity (Wildman–Crippen MR) is 97.2 cm³/mol. The first-order valence-electron chi connectivity index (χ1n) is 7.70. The summed E-state index contributed by atoms with van der Waals surface area (Å²) in [5, 5.41) is 3.65. The first-order valence-corrected chi connectivity index (χ1v) is 8.46. The standard InChI is InChI=1S/C18H20Cl2N2O2/c1-21-18(23)14-8-6-13(7-9-14)12-22(2)10-11-24-17-15(19)4-3-5-16(17)20/h3-9H,10-12H2,1-2H3,(H,21,23)/p+1. The van der Waals surface area contributed by atoms with Crippen LogP contribution >= 0.6 is 23.2 Å². The van der Waals surface area contributed by atoms with Gasteiger partial charge in [-0.05, 0) is 24.3 Å². The molecular formula is C18H21Cl2N2O2+. The second kappa shape index (κ2) is 8.92. The molecule has 128 valence electrons. The number of para-hydroxylation sites is 1. The van der Waals surface area contributed by atoms with Crippen molar-refractivity contribution in [3.63, 3.8) is 0 Å². The highest BCUT2D eigenvalue weighted by Crippen LogP contribution is 2.31. The summed E-state index contributed by atoms with van der Waals surface area (Å²) in [6, 6.07) is 12.9. The number of benzene rings is 2. The van der Waals surface area contributed by atoms with E-state index in [1.807, 2.05) is 24.3 Å². The normalized spacial score (nSPS) is 11.8. The van der Waals surface area contributed by atoms with E-state index >= 15 is 0 Å². The Kier molecular flexibility index (Phi) is 6.91. The Bertz CT molecular complexity index is 670. The fourth-order valence-corrected chi connectivity index (χ4v) is 2.81. The summed E-state index contributed by atoms with van der Waals surface area (Å²) >= 11 is 12.2. The Hall–Kier alpha value is -1.75. The molecule has 2 aromatic carbocycles. The number of hydrogen-bond acceptors (Lipinski definition) is 2. The minimum atomic E-state index is -0.0766. The monoisotopic (exact) mass is 367 g/mol. The molecule has 0 aromatic heterocycles. The smallest absolute Gasteiger partial charge is 0.251 e. The van der Waals surface area contributed by atoms with Gasteiger partial charge < -0.3 is 15.0 Å². The molecule has 1 amide bonds. The molecule has 0 aliphatic heterocycles. The molecule has 0 bridgehead atoms. The van der Waals surface area contributed by atoms with Crippen LogP contribution in [0.1, 0.15) is 15.9 Å². The van der Waals surface area contributed by atoms with E-state index in [-0.39, 0.29) is 5.91 Å². The molecule has 0 aliphatic rings. The number of carbonyl (C=O) groups excluding carboxylic acids is 1. The quantitative estimate of drug-likeness (QED) is 0.789. The fraction of sp³-hybridized carbons (Fsp3) is 0.278. The van der Waals surface area contributed by atoms with Crippen molar-refractivity contribution in [2.24, 2.45) is 0 Å². The van der Waals surface area contributed by atoms with E-state index in [9.17, 15) is 4.79 Å². The number of amides is 1. The van der Waals surface area contributed by atoms with E-state index in [0.717, 1.165) is 18.7 Å². The maximum Gasteiger partial charge on any atom is 0.251 e. The van der Waals surface area contributed by atoms with Gasteiger partial charge in [0, 0.05) is 18.2 Å². The number of halogens is 2. The molecule has 2 aromatic rings. The van der Waals surface area contributed by atoms with E-state index < -0.39 is 0 Å². The third-order valence-corrected chi connectivity index (χ3v) is 4.24. The van der Waals surface area contributed by atoms with Crippen LogP contribution in [0.5, 0.6) is 5.75 Å². The van der Waals surface area contributed by atoms with Gasteiger partial charge in [-0.1, -0.05) is 41.4 Å².